The van der Waals surface area contributed by atoms with Gasteiger partial charge in [0.2, 0.25) is 0 Å². The molecule has 0 aromatic rings. The first-order chi connectivity index (χ1) is 15.5. The first kappa shape index (κ1) is 38.8. The van der Waals surface area contributed by atoms with Crippen LogP contribution in [0.5, 0.6) is 0 Å². The SMILES string of the molecule is CCOP(=O)(OCC)SCCN(CC)CC.CCSCC.CN(C)C(=S)SSC(=S)N(C)C. The van der Waals surface area contributed by atoms with Crippen LogP contribution in [0, 0.1) is 0 Å². The Labute approximate surface area is 231 Å². The number of rotatable bonds is 12. The van der Waals surface area contributed by atoms with Crippen LogP contribution in [-0.2, 0) is 13.6 Å². The molecule has 0 saturated carbocycles. The van der Waals surface area contributed by atoms with Gasteiger partial charge < -0.3 is 23.7 Å². The zero-order chi connectivity index (χ0) is 26.3. The molecule has 0 unspecified atom stereocenters. The van der Waals surface area contributed by atoms with Crippen molar-refractivity contribution in [1.29, 1.82) is 0 Å². The van der Waals surface area contributed by atoms with Gasteiger partial charge in [0.05, 0.1) is 13.2 Å². The standard InChI is InChI=1S/C10H24NO3PS.C6H12N2S4.C4H10S/c1-5-11(6-2)9-10-16-15(12,13-7-3)14-8-4;1-7(2)5(9)11-12-6(10)8(3)4;1-3-5-4-2/h5-10H2,1-4H3;1-4H3;3-4H2,1-2H3. The van der Waals surface area contributed by atoms with Crippen molar-refractivity contribution in [3.63, 3.8) is 0 Å². The summed E-state index contributed by atoms with van der Waals surface area (Å²) in [5.74, 6) is 3.30. The van der Waals surface area contributed by atoms with E-state index in [-0.39, 0.29) is 0 Å². The lowest BCUT2D eigenvalue weighted by atomic mass is 10.5. The van der Waals surface area contributed by atoms with Gasteiger partial charge in [0, 0.05) is 40.5 Å². The Hall–Kier alpha value is 1.29. The summed E-state index contributed by atoms with van der Waals surface area (Å²) in [5.41, 5.74) is 0. The molecule has 0 saturated heterocycles. The van der Waals surface area contributed by atoms with Crippen molar-refractivity contribution in [3.8, 4) is 0 Å². The second-order valence-corrected chi connectivity index (χ2v) is 15.6. The topological polar surface area (TPSA) is 45.3 Å². The monoisotopic (exact) mass is 599 g/mol. The van der Waals surface area contributed by atoms with Crippen molar-refractivity contribution < 1.29 is 13.6 Å². The molecule has 13 heteroatoms. The van der Waals surface area contributed by atoms with Gasteiger partial charge in [0.15, 0.2) is 0 Å². The minimum Gasteiger partial charge on any atom is -0.363 e. The number of thiocarbonyl (C=S) groups is 2. The zero-order valence-corrected chi connectivity index (χ0v) is 27.9. The van der Waals surface area contributed by atoms with Crippen LogP contribution in [-0.4, -0.2) is 102 Å². The molecule has 200 valence electrons. The molecule has 0 amide bonds. The van der Waals surface area contributed by atoms with E-state index < -0.39 is 6.80 Å². The Morgan fingerprint density at radius 2 is 1.18 bits per heavy atom. The average Bonchev–Trinajstić information content (AvgIpc) is 2.76. The Kier molecular flexibility index (Phi) is 31.0. The summed E-state index contributed by atoms with van der Waals surface area (Å²) in [5, 5.41) is 0. The van der Waals surface area contributed by atoms with E-state index in [1.165, 1.54) is 44.5 Å². The molecule has 0 aliphatic heterocycles. The van der Waals surface area contributed by atoms with E-state index in [1.54, 1.807) is 0 Å². The summed E-state index contributed by atoms with van der Waals surface area (Å²) in [6.07, 6.45) is 0. The second-order valence-electron chi connectivity index (χ2n) is 6.41. The summed E-state index contributed by atoms with van der Waals surface area (Å²) >= 11 is 13.4. The summed E-state index contributed by atoms with van der Waals surface area (Å²) < 4.78 is 24.1. The Bertz CT molecular complexity index is 495. The molecule has 0 aromatic heterocycles. The molecule has 0 bridgehead atoms. The summed E-state index contributed by atoms with van der Waals surface area (Å²) in [4.78, 5) is 6.08. The maximum Gasteiger partial charge on any atom is 0.389 e. The largest absolute Gasteiger partial charge is 0.389 e. The second kappa shape index (κ2) is 26.4. The lowest BCUT2D eigenvalue weighted by molar-refractivity contribution is 0.236. The molecule has 0 spiro atoms. The van der Waals surface area contributed by atoms with E-state index in [0.29, 0.717) is 13.2 Å². The van der Waals surface area contributed by atoms with Crippen LogP contribution in [0.1, 0.15) is 41.5 Å². The smallest absolute Gasteiger partial charge is 0.363 e. The highest BCUT2D eigenvalue weighted by molar-refractivity contribution is 8.89. The quantitative estimate of drug-likeness (QED) is 0.131. The fourth-order valence-electron chi connectivity index (χ4n) is 1.67. The molecule has 0 fully saturated rings. The van der Waals surface area contributed by atoms with Crippen LogP contribution in [0.4, 0.5) is 0 Å². The number of nitrogens with zero attached hydrogens (tertiary/aromatic N) is 3. The molecule has 0 aromatic carbocycles. The Morgan fingerprint density at radius 3 is 1.42 bits per heavy atom. The highest BCUT2D eigenvalue weighted by Crippen LogP contribution is 2.60. The molecule has 0 atom stereocenters. The summed E-state index contributed by atoms with van der Waals surface area (Å²) in [6.45, 7) is 13.2. The van der Waals surface area contributed by atoms with Gasteiger partial charge >= 0.3 is 6.80 Å². The molecular weight excluding hydrogens is 554 g/mol. The highest BCUT2D eigenvalue weighted by atomic mass is 33.1. The Morgan fingerprint density at radius 1 is 0.788 bits per heavy atom. The fourth-order valence-corrected chi connectivity index (χ4v) is 7.87. The summed E-state index contributed by atoms with van der Waals surface area (Å²) in [7, 11) is 10.7. The van der Waals surface area contributed by atoms with Gasteiger partial charge in [-0.25, -0.2) is 4.57 Å². The first-order valence-corrected chi connectivity index (χ1v) is 18.3. The molecule has 0 aliphatic carbocycles. The zero-order valence-electron chi connectivity index (χ0n) is 22.1. The molecule has 0 heterocycles. The van der Waals surface area contributed by atoms with E-state index in [9.17, 15) is 4.57 Å². The predicted octanol–water partition coefficient (Wildman–Crippen LogP) is 7.06. The van der Waals surface area contributed by atoms with Crippen molar-refractivity contribution in [2.75, 3.05) is 78.3 Å². The minimum absolute atomic E-state index is 0.426. The molecule has 0 N–H and O–H groups in total. The fraction of sp³-hybridized carbons (Fsp3) is 0.900. The van der Waals surface area contributed by atoms with Crippen molar-refractivity contribution in [3.05, 3.63) is 0 Å². The van der Waals surface area contributed by atoms with Crippen molar-refractivity contribution in [2.24, 2.45) is 0 Å². The lowest BCUT2D eigenvalue weighted by Gasteiger charge is -2.20. The van der Waals surface area contributed by atoms with Crippen molar-refractivity contribution in [2.45, 2.75) is 41.5 Å². The molecule has 6 nitrogen and oxygen atoms in total. The van der Waals surface area contributed by atoms with Crippen LogP contribution in [0.3, 0.4) is 0 Å². The van der Waals surface area contributed by atoms with Crippen LogP contribution in [0.2, 0.25) is 0 Å². The predicted molar refractivity (Wildman–Crippen MR) is 168 cm³/mol. The number of thioether (sulfide) groups is 1. The molecule has 0 radical (unpaired) electrons. The Balaban J connectivity index is -0.000000465. The third-order valence-electron chi connectivity index (χ3n) is 3.45. The van der Waals surface area contributed by atoms with Crippen LogP contribution in [0.25, 0.3) is 0 Å². The molecular formula is C20H46N3O3PS6. The molecule has 0 rings (SSSR count). The van der Waals surface area contributed by atoms with E-state index in [1.807, 2.05) is 63.6 Å². The van der Waals surface area contributed by atoms with E-state index in [2.05, 4.69) is 32.6 Å². The van der Waals surface area contributed by atoms with E-state index >= 15 is 0 Å². The lowest BCUT2D eigenvalue weighted by Crippen LogP contribution is -2.25. The maximum absolute atomic E-state index is 12.1. The summed E-state index contributed by atoms with van der Waals surface area (Å²) in [6, 6.07) is 0. The van der Waals surface area contributed by atoms with Crippen molar-refractivity contribution in [1.82, 2.24) is 14.7 Å². The maximum atomic E-state index is 12.1. The van der Waals surface area contributed by atoms with Crippen LogP contribution in [0.15, 0.2) is 0 Å². The van der Waals surface area contributed by atoms with Crippen LogP contribution < -0.4 is 0 Å². The van der Waals surface area contributed by atoms with Crippen molar-refractivity contribution >= 4 is 84.6 Å². The average molecular weight is 600 g/mol. The van der Waals surface area contributed by atoms with Gasteiger partial charge in [-0.2, -0.15) is 11.8 Å². The van der Waals surface area contributed by atoms with Crippen LogP contribution >= 0.6 is 76.0 Å². The third-order valence-corrected chi connectivity index (χ3v) is 12.4. The van der Waals surface area contributed by atoms with E-state index in [0.717, 1.165) is 34.0 Å². The van der Waals surface area contributed by atoms with Gasteiger partial charge in [-0.1, -0.05) is 52.1 Å². The van der Waals surface area contributed by atoms with E-state index in [4.69, 9.17) is 33.5 Å². The highest BCUT2D eigenvalue weighted by Gasteiger charge is 2.24. The van der Waals surface area contributed by atoms with Gasteiger partial charge in [-0.15, -0.1) is 0 Å². The molecule has 33 heavy (non-hydrogen) atoms. The third kappa shape index (κ3) is 26.2. The number of hydrogen-bond donors (Lipinski definition) is 0. The van der Waals surface area contributed by atoms with Gasteiger partial charge in [-0.05, 0) is 71.4 Å². The normalized spacial score (nSPS) is 10.6. The van der Waals surface area contributed by atoms with Gasteiger partial charge in [0.25, 0.3) is 0 Å². The first-order valence-electron chi connectivity index (χ1n) is 11.1. The number of hydrogen-bond acceptors (Lipinski definition) is 10. The van der Waals surface area contributed by atoms with Gasteiger partial charge in [0.1, 0.15) is 8.64 Å². The van der Waals surface area contributed by atoms with Gasteiger partial charge in [-0.3, -0.25) is 0 Å². The minimum atomic E-state index is -2.91. The molecule has 0 aliphatic rings.